The average molecular weight is 318 g/mol. The second-order valence-corrected chi connectivity index (χ2v) is 7.68. The third-order valence-electron chi connectivity index (χ3n) is 4.65. The van der Waals surface area contributed by atoms with Gasteiger partial charge in [0, 0.05) is 31.2 Å². The van der Waals surface area contributed by atoms with Gasteiger partial charge < -0.3 is 15.4 Å². The Bertz CT molecular complexity index is 519. The molecule has 0 radical (unpaired) electrons. The van der Waals surface area contributed by atoms with Gasteiger partial charge in [-0.25, -0.2) is 0 Å². The van der Waals surface area contributed by atoms with Gasteiger partial charge in [-0.3, -0.25) is 4.79 Å². The highest BCUT2D eigenvalue weighted by Gasteiger charge is 2.26. The number of carbonyl (C=O) groups is 1. The number of esters is 1. The molecule has 0 saturated carbocycles. The monoisotopic (exact) mass is 318 g/mol. The summed E-state index contributed by atoms with van der Waals surface area (Å²) in [6.45, 7) is 8.51. The van der Waals surface area contributed by atoms with Crippen LogP contribution in [0.2, 0.25) is 0 Å². The smallest absolute Gasteiger partial charge is 0.305 e. The lowest BCUT2D eigenvalue weighted by molar-refractivity contribution is -0.141. The topological polar surface area (TPSA) is 55.6 Å². The van der Waals surface area contributed by atoms with Gasteiger partial charge in [-0.15, -0.1) is 0 Å². The molecule has 0 bridgehead atoms. The molecule has 1 saturated heterocycles. The molecule has 23 heavy (non-hydrogen) atoms. The van der Waals surface area contributed by atoms with Crippen molar-refractivity contribution in [3.05, 3.63) is 29.8 Å². The Balaban J connectivity index is 2.02. The number of carbonyl (C=O) groups excluding carboxylic acids is 1. The fourth-order valence-electron chi connectivity index (χ4n) is 3.26. The second-order valence-electron chi connectivity index (χ2n) is 7.68. The van der Waals surface area contributed by atoms with E-state index in [0.29, 0.717) is 12.3 Å². The zero-order valence-corrected chi connectivity index (χ0v) is 14.8. The highest BCUT2D eigenvalue weighted by atomic mass is 16.5. The van der Waals surface area contributed by atoms with Gasteiger partial charge in [0.15, 0.2) is 0 Å². The lowest BCUT2D eigenvalue weighted by atomic mass is 9.86. The maximum Gasteiger partial charge on any atom is 0.305 e. The molecule has 2 unspecified atom stereocenters. The molecule has 4 nitrogen and oxygen atoms in total. The van der Waals surface area contributed by atoms with Crippen LogP contribution in [-0.2, 0) is 14.9 Å². The van der Waals surface area contributed by atoms with E-state index in [2.05, 4.69) is 49.9 Å². The van der Waals surface area contributed by atoms with E-state index < -0.39 is 0 Å². The minimum Gasteiger partial charge on any atom is -0.469 e. The summed E-state index contributed by atoms with van der Waals surface area (Å²) in [7, 11) is 1.44. The first-order valence-electron chi connectivity index (χ1n) is 8.47. The van der Waals surface area contributed by atoms with E-state index in [1.54, 1.807) is 0 Å². The number of rotatable bonds is 4. The third-order valence-corrected chi connectivity index (χ3v) is 4.65. The van der Waals surface area contributed by atoms with Crippen molar-refractivity contribution in [3.63, 3.8) is 0 Å². The quantitative estimate of drug-likeness (QED) is 0.867. The van der Waals surface area contributed by atoms with E-state index in [1.807, 2.05) is 0 Å². The van der Waals surface area contributed by atoms with Crippen LogP contribution in [0.25, 0.3) is 0 Å². The zero-order valence-electron chi connectivity index (χ0n) is 14.8. The van der Waals surface area contributed by atoms with Crippen molar-refractivity contribution in [3.8, 4) is 0 Å². The Morgan fingerprint density at radius 2 is 1.91 bits per heavy atom. The molecule has 2 rings (SSSR count). The molecule has 2 atom stereocenters. The van der Waals surface area contributed by atoms with Gasteiger partial charge >= 0.3 is 5.97 Å². The van der Waals surface area contributed by atoms with Gasteiger partial charge in [0.2, 0.25) is 0 Å². The predicted molar refractivity (Wildman–Crippen MR) is 94.7 cm³/mol. The number of benzene rings is 1. The summed E-state index contributed by atoms with van der Waals surface area (Å²) in [4.78, 5) is 13.7. The zero-order chi connectivity index (χ0) is 17.0. The molecule has 0 aliphatic carbocycles. The van der Waals surface area contributed by atoms with Crippen molar-refractivity contribution in [1.29, 1.82) is 0 Å². The summed E-state index contributed by atoms with van der Waals surface area (Å²) in [5, 5.41) is 0. The molecule has 0 spiro atoms. The number of methoxy groups -OCH3 is 1. The van der Waals surface area contributed by atoms with Crippen LogP contribution in [0.4, 0.5) is 5.69 Å². The lowest BCUT2D eigenvalue weighted by Gasteiger charge is -2.38. The lowest BCUT2D eigenvalue weighted by Crippen LogP contribution is -2.47. The molecule has 0 aromatic heterocycles. The maximum absolute atomic E-state index is 11.4. The maximum atomic E-state index is 11.4. The molecule has 1 aromatic rings. The van der Waals surface area contributed by atoms with Crippen molar-refractivity contribution >= 4 is 11.7 Å². The molecule has 4 heteroatoms. The first kappa shape index (κ1) is 17.8. The van der Waals surface area contributed by atoms with Crippen LogP contribution in [0.5, 0.6) is 0 Å². The average Bonchev–Trinajstić information content (AvgIpc) is 2.51. The van der Waals surface area contributed by atoms with Gasteiger partial charge in [0.1, 0.15) is 0 Å². The molecule has 2 N–H and O–H groups in total. The fourth-order valence-corrected chi connectivity index (χ4v) is 3.26. The van der Waals surface area contributed by atoms with E-state index >= 15 is 0 Å². The molecular weight excluding hydrogens is 288 g/mol. The summed E-state index contributed by atoms with van der Waals surface area (Å²) in [6.07, 6.45) is 2.30. The van der Waals surface area contributed by atoms with Crippen molar-refractivity contribution in [1.82, 2.24) is 0 Å². The van der Waals surface area contributed by atoms with Gasteiger partial charge in [-0.05, 0) is 41.9 Å². The minimum absolute atomic E-state index is 0.134. The van der Waals surface area contributed by atoms with Gasteiger partial charge in [0.05, 0.1) is 7.11 Å². The molecule has 1 aromatic carbocycles. The van der Waals surface area contributed by atoms with E-state index in [0.717, 1.165) is 25.9 Å². The Labute approximate surface area is 140 Å². The molecule has 128 valence electrons. The largest absolute Gasteiger partial charge is 0.469 e. The van der Waals surface area contributed by atoms with Gasteiger partial charge in [-0.2, -0.15) is 0 Å². The van der Waals surface area contributed by atoms with Crippen LogP contribution in [0.3, 0.4) is 0 Å². The highest BCUT2D eigenvalue weighted by molar-refractivity contribution is 5.69. The number of ether oxygens (including phenoxy) is 1. The van der Waals surface area contributed by atoms with Gasteiger partial charge in [-0.1, -0.05) is 32.9 Å². The number of anilines is 1. The summed E-state index contributed by atoms with van der Waals surface area (Å²) in [5.41, 5.74) is 8.96. The molecule has 1 aliphatic heterocycles. The van der Waals surface area contributed by atoms with Crippen LogP contribution in [0.15, 0.2) is 24.3 Å². The first-order valence-corrected chi connectivity index (χ1v) is 8.47. The summed E-state index contributed by atoms with van der Waals surface area (Å²) >= 11 is 0. The Morgan fingerprint density at radius 1 is 1.26 bits per heavy atom. The van der Waals surface area contributed by atoms with Crippen LogP contribution in [-0.4, -0.2) is 32.2 Å². The summed E-state index contributed by atoms with van der Waals surface area (Å²) in [6, 6.07) is 8.96. The molecular formula is C19H30N2O2. The first-order chi connectivity index (χ1) is 10.8. The van der Waals surface area contributed by atoms with E-state index in [4.69, 9.17) is 10.5 Å². The number of nitrogens with zero attached hydrogens (tertiary/aromatic N) is 1. The normalized spacial score (nSPS) is 22.0. The summed E-state index contributed by atoms with van der Waals surface area (Å²) in [5.74, 6) is 0.311. The molecule has 1 aliphatic rings. The second kappa shape index (κ2) is 7.35. The standard InChI is InChI=1S/C19H30N2O2/c1-19(2,3)15-6-8-17(9-7-15)21-12-14(11-16(20)13-21)5-10-18(22)23-4/h6-9,14,16H,5,10-13,20H2,1-4H3. The van der Waals surface area contributed by atoms with Crippen LogP contribution in [0, 0.1) is 5.92 Å². The van der Waals surface area contributed by atoms with Crippen LogP contribution < -0.4 is 10.6 Å². The van der Waals surface area contributed by atoms with Crippen LogP contribution in [0.1, 0.15) is 45.6 Å². The fraction of sp³-hybridized carbons (Fsp3) is 0.632. The Kier molecular flexibility index (Phi) is 5.69. The Morgan fingerprint density at radius 3 is 2.48 bits per heavy atom. The van der Waals surface area contributed by atoms with Crippen LogP contribution >= 0.6 is 0 Å². The SMILES string of the molecule is COC(=O)CCC1CC(N)CN(c2ccc(C(C)(C)C)cc2)C1. The van der Waals surface area contributed by atoms with E-state index in [9.17, 15) is 4.79 Å². The van der Waals surface area contributed by atoms with E-state index in [-0.39, 0.29) is 17.4 Å². The summed E-state index contributed by atoms with van der Waals surface area (Å²) < 4.78 is 4.74. The predicted octanol–water partition coefficient (Wildman–Crippen LogP) is 3.09. The molecule has 1 fully saturated rings. The van der Waals surface area contributed by atoms with Crippen molar-refractivity contribution in [2.24, 2.45) is 11.7 Å². The number of nitrogens with two attached hydrogens (primary N) is 1. The van der Waals surface area contributed by atoms with Crippen molar-refractivity contribution in [2.45, 2.75) is 51.5 Å². The van der Waals surface area contributed by atoms with Gasteiger partial charge in [0.25, 0.3) is 0 Å². The van der Waals surface area contributed by atoms with Crippen molar-refractivity contribution in [2.75, 3.05) is 25.1 Å². The van der Waals surface area contributed by atoms with Crippen molar-refractivity contribution < 1.29 is 9.53 Å². The molecule has 1 heterocycles. The third kappa shape index (κ3) is 4.96. The number of piperidine rings is 1. The molecule has 0 amide bonds. The number of hydrogen-bond donors (Lipinski definition) is 1. The Hall–Kier alpha value is -1.55. The number of hydrogen-bond acceptors (Lipinski definition) is 4. The van der Waals surface area contributed by atoms with E-state index in [1.165, 1.54) is 18.4 Å². The minimum atomic E-state index is -0.134. The highest BCUT2D eigenvalue weighted by Crippen LogP contribution is 2.28.